The molecule has 1 aliphatic rings. The molecular weight excluding hydrogens is 186 g/mol. The number of nitrogens with one attached hydrogen (secondary N) is 2. The molecule has 1 saturated heterocycles. The molecule has 0 bridgehead atoms. The second-order valence-electron chi connectivity index (χ2n) is 5.51. The van der Waals surface area contributed by atoms with Crippen molar-refractivity contribution >= 4 is 0 Å². The van der Waals surface area contributed by atoms with Crippen LogP contribution in [0.1, 0.15) is 40.0 Å². The van der Waals surface area contributed by atoms with Crippen molar-refractivity contribution in [1.82, 2.24) is 10.6 Å². The molecule has 2 N–H and O–H groups in total. The largest absolute Gasteiger partial charge is 0.315 e. The molecule has 0 aromatic heterocycles. The van der Waals surface area contributed by atoms with Crippen molar-refractivity contribution in [3.8, 4) is 6.07 Å². The summed E-state index contributed by atoms with van der Waals surface area (Å²) >= 11 is 0. The standard InChI is InChI=1S/C12H23N3/c1-11(2,9-13)5-4-7-15-12(3)6-8-14-10-12/h14-15H,4-8,10H2,1-3H3. The lowest BCUT2D eigenvalue weighted by Crippen LogP contribution is -2.44. The number of nitrogens with zero attached hydrogens (tertiary/aromatic N) is 1. The normalized spacial score (nSPS) is 26.5. The van der Waals surface area contributed by atoms with Crippen LogP contribution in [0.5, 0.6) is 0 Å². The summed E-state index contributed by atoms with van der Waals surface area (Å²) in [6, 6.07) is 2.34. The highest BCUT2D eigenvalue weighted by atomic mass is 15.1. The predicted octanol–water partition coefficient (Wildman–Crippen LogP) is 1.66. The average molecular weight is 209 g/mol. The van der Waals surface area contributed by atoms with Gasteiger partial charge in [0.2, 0.25) is 0 Å². The van der Waals surface area contributed by atoms with Gasteiger partial charge in [-0.3, -0.25) is 0 Å². The fraction of sp³-hybridized carbons (Fsp3) is 0.917. The molecule has 1 atom stereocenters. The number of nitriles is 1. The van der Waals surface area contributed by atoms with E-state index >= 15 is 0 Å². The predicted molar refractivity (Wildman–Crippen MR) is 62.5 cm³/mol. The molecule has 0 radical (unpaired) electrons. The zero-order valence-electron chi connectivity index (χ0n) is 10.2. The van der Waals surface area contributed by atoms with Crippen molar-refractivity contribution in [3.05, 3.63) is 0 Å². The second-order valence-corrected chi connectivity index (χ2v) is 5.51. The molecular formula is C12H23N3. The lowest BCUT2D eigenvalue weighted by atomic mass is 9.89. The fourth-order valence-corrected chi connectivity index (χ4v) is 1.94. The van der Waals surface area contributed by atoms with Crippen molar-refractivity contribution in [2.45, 2.75) is 45.6 Å². The van der Waals surface area contributed by atoms with Gasteiger partial charge in [-0.1, -0.05) is 0 Å². The summed E-state index contributed by atoms with van der Waals surface area (Å²) in [5.41, 5.74) is 0.104. The van der Waals surface area contributed by atoms with E-state index in [9.17, 15) is 0 Å². The van der Waals surface area contributed by atoms with Gasteiger partial charge in [-0.15, -0.1) is 0 Å². The Balaban J connectivity index is 2.14. The highest BCUT2D eigenvalue weighted by Crippen LogP contribution is 2.20. The van der Waals surface area contributed by atoms with E-state index in [1.807, 2.05) is 13.8 Å². The summed E-state index contributed by atoms with van der Waals surface area (Å²) in [5, 5.41) is 15.8. The highest BCUT2D eigenvalue weighted by Gasteiger charge is 2.27. The van der Waals surface area contributed by atoms with Crippen molar-refractivity contribution in [2.24, 2.45) is 5.41 Å². The van der Waals surface area contributed by atoms with Crippen molar-refractivity contribution in [3.63, 3.8) is 0 Å². The topological polar surface area (TPSA) is 47.9 Å². The summed E-state index contributed by atoms with van der Waals surface area (Å²) in [7, 11) is 0. The van der Waals surface area contributed by atoms with Gasteiger partial charge in [0.05, 0.1) is 11.5 Å². The Hall–Kier alpha value is -0.590. The maximum absolute atomic E-state index is 8.88. The van der Waals surface area contributed by atoms with Gasteiger partial charge in [0, 0.05) is 12.1 Å². The first-order valence-electron chi connectivity index (χ1n) is 5.84. The van der Waals surface area contributed by atoms with E-state index in [0.29, 0.717) is 0 Å². The van der Waals surface area contributed by atoms with E-state index in [1.54, 1.807) is 0 Å². The van der Waals surface area contributed by atoms with E-state index in [4.69, 9.17) is 5.26 Å². The Bertz CT molecular complexity index is 234. The van der Waals surface area contributed by atoms with Crippen LogP contribution in [-0.4, -0.2) is 25.2 Å². The van der Waals surface area contributed by atoms with Gasteiger partial charge in [0.1, 0.15) is 0 Å². The summed E-state index contributed by atoms with van der Waals surface area (Å²) < 4.78 is 0. The Morgan fingerprint density at radius 1 is 1.53 bits per heavy atom. The molecule has 0 aromatic carbocycles. The maximum Gasteiger partial charge on any atom is 0.0683 e. The molecule has 0 aromatic rings. The van der Waals surface area contributed by atoms with Crippen molar-refractivity contribution in [2.75, 3.05) is 19.6 Å². The van der Waals surface area contributed by atoms with Crippen LogP contribution in [0.4, 0.5) is 0 Å². The molecule has 1 aliphatic heterocycles. The lowest BCUT2D eigenvalue weighted by molar-refractivity contribution is 0.359. The zero-order valence-corrected chi connectivity index (χ0v) is 10.2. The molecule has 86 valence electrons. The van der Waals surface area contributed by atoms with Crippen LogP contribution < -0.4 is 10.6 Å². The van der Waals surface area contributed by atoms with Crippen molar-refractivity contribution < 1.29 is 0 Å². The Morgan fingerprint density at radius 3 is 2.80 bits per heavy atom. The maximum atomic E-state index is 8.88. The molecule has 1 rings (SSSR count). The monoisotopic (exact) mass is 209 g/mol. The third-order valence-electron chi connectivity index (χ3n) is 3.20. The second kappa shape index (κ2) is 4.96. The first kappa shape index (κ1) is 12.5. The number of rotatable bonds is 5. The first-order valence-corrected chi connectivity index (χ1v) is 5.84. The van der Waals surface area contributed by atoms with Crippen LogP contribution in [0, 0.1) is 16.7 Å². The van der Waals surface area contributed by atoms with Gasteiger partial charge in [0.25, 0.3) is 0 Å². The Morgan fingerprint density at radius 2 is 2.27 bits per heavy atom. The SMILES string of the molecule is CC(C)(C#N)CCCNC1(C)CCNC1. The minimum absolute atomic E-state index is 0.170. The van der Waals surface area contributed by atoms with Gasteiger partial charge in [-0.25, -0.2) is 0 Å². The smallest absolute Gasteiger partial charge is 0.0683 e. The number of hydrogen-bond donors (Lipinski definition) is 2. The fourth-order valence-electron chi connectivity index (χ4n) is 1.94. The Kier molecular flexibility index (Phi) is 4.12. The van der Waals surface area contributed by atoms with Crippen LogP contribution in [0.15, 0.2) is 0 Å². The molecule has 0 aliphatic carbocycles. The van der Waals surface area contributed by atoms with Gasteiger partial charge in [-0.2, -0.15) is 5.26 Å². The molecule has 0 amide bonds. The van der Waals surface area contributed by atoms with Crippen molar-refractivity contribution in [1.29, 1.82) is 5.26 Å². The molecule has 0 saturated carbocycles. The van der Waals surface area contributed by atoms with E-state index < -0.39 is 0 Å². The summed E-state index contributed by atoms with van der Waals surface area (Å²) in [5.74, 6) is 0. The van der Waals surface area contributed by atoms with Crippen LogP contribution in [-0.2, 0) is 0 Å². The third-order valence-corrected chi connectivity index (χ3v) is 3.20. The van der Waals surface area contributed by atoms with E-state index in [-0.39, 0.29) is 11.0 Å². The molecule has 1 fully saturated rings. The molecule has 1 heterocycles. The Labute approximate surface area is 93.2 Å². The third kappa shape index (κ3) is 4.19. The minimum atomic E-state index is -0.170. The van der Waals surface area contributed by atoms with E-state index in [1.165, 1.54) is 6.42 Å². The zero-order chi connectivity index (χ0) is 11.4. The molecule has 0 spiro atoms. The molecule has 1 unspecified atom stereocenters. The molecule has 3 nitrogen and oxygen atoms in total. The number of hydrogen-bond acceptors (Lipinski definition) is 3. The van der Waals surface area contributed by atoms with Gasteiger partial charge in [-0.05, 0) is 53.1 Å². The highest BCUT2D eigenvalue weighted by molar-refractivity contribution is 4.93. The summed E-state index contributed by atoms with van der Waals surface area (Å²) in [4.78, 5) is 0. The van der Waals surface area contributed by atoms with Crippen LogP contribution >= 0.6 is 0 Å². The lowest BCUT2D eigenvalue weighted by Gasteiger charge is -2.25. The summed E-state index contributed by atoms with van der Waals surface area (Å²) in [6.45, 7) is 9.48. The van der Waals surface area contributed by atoms with Gasteiger partial charge in [0.15, 0.2) is 0 Å². The van der Waals surface area contributed by atoms with Gasteiger partial charge < -0.3 is 10.6 Å². The van der Waals surface area contributed by atoms with Crippen LogP contribution in [0.2, 0.25) is 0 Å². The van der Waals surface area contributed by atoms with E-state index in [0.717, 1.165) is 32.5 Å². The van der Waals surface area contributed by atoms with E-state index in [2.05, 4.69) is 23.6 Å². The van der Waals surface area contributed by atoms with Gasteiger partial charge >= 0.3 is 0 Å². The first-order chi connectivity index (χ1) is 6.97. The van der Waals surface area contributed by atoms with Crippen LogP contribution in [0.25, 0.3) is 0 Å². The minimum Gasteiger partial charge on any atom is -0.315 e. The molecule has 3 heteroatoms. The quantitative estimate of drug-likeness (QED) is 0.677. The van der Waals surface area contributed by atoms with Crippen LogP contribution in [0.3, 0.4) is 0 Å². The molecule has 15 heavy (non-hydrogen) atoms. The average Bonchev–Trinajstić information content (AvgIpc) is 2.61. The summed E-state index contributed by atoms with van der Waals surface area (Å²) in [6.07, 6.45) is 3.25.